The van der Waals surface area contributed by atoms with Gasteiger partial charge >= 0.3 is 0 Å². The summed E-state index contributed by atoms with van der Waals surface area (Å²) in [5, 5.41) is 13.0. The number of hydrogen-bond donors (Lipinski definition) is 2. The van der Waals surface area contributed by atoms with Crippen molar-refractivity contribution in [3.8, 4) is 0 Å². The van der Waals surface area contributed by atoms with Crippen LogP contribution in [0.15, 0.2) is 30.0 Å². The number of aliphatic hydroxyl groups is 1. The van der Waals surface area contributed by atoms with Gasteiger partial charge in [0.25, 0.3) is 11.8 Å². The first kappa shape index (κ1) is 15.6. The van der Waals surface area contributed by atoms with Crippen molar-refractivity contribution in [1.29, 1.82) is 0 Å². The van der Waals surface area contributed by atoms with Crippen molar-refractivity contribution in [3.63, 3.8) is 0 Å². The number of nitrogens with zero attached hydrogens (tertiary/aromatic N) is 2. The van der Waals surface area contributed by atoms with Gasteiger partial charge in [0.2, 0.25) is 0 Å². The van der Waals surface area contributed by atoms with Crippen LogP contribution in [0.1, 0.15) is 18.4 Å². The van der Waals surface area contributed by atoms with E-state index in [-0.39, 0.29) is 18.8 Å². The number of carbonyl (C=O) groups is 2. The zero-order chi connectivity index (χ0) is 16.4. The second-order valence-corrected chi connectivity index (χ2v) is 6.36. The van der Waals surface area contributed by atoms with Gasteiger partial charge in [-0.15, -0.1) is 11.3 Å². The number of aryl methyl sites for hydroxylation is 1. The number of amides is 2. The maximum Gasteiger partial charge on any atom is 0.277 e. The first-order valence-electron chi connectivity index (χ1n) is 7.47. The van der Waals surface area contributed by atoms with Gasteiger partial charge in [0, 0.05) is 11.8 Å². The summed E-state index contributed by atoms with van der Waals surface area (Å²) in [4.78, 5) is 29.4. The van der Waals surface area contributed by atoms with Crippen LogP contribution in [-0.4, -0.2) is 40.0 Å². The molecule has 2 heterocycles. The van der Waals surface area contributed by atoms with Gasteiger partial charge in [0.1, 0.15) is 5.70 Å². The number of nitrogens with one attached hydrogen (secondary N) is 1. The number of imide groups is 1. The van der Waals surface area contributed by atoms with Crippen LogP contribution < -0.4 is 5.32 Å². The van der Waals surface area contributed by atoms with Gasteiger partial charge in [-0.2, -0.15) is 0 Å². The fraction of sp³-hybridized carbons (Fsp3) is 0.312. The number of fused-ring (bicyclic) bond motifs is 1. The molecule has 0 atom stereocenters. The number of thiazole rings is 1. The van der Waals surface area contributed by atoms with E-state index in [1.54, 1.807) is 11.3 Å². The van der Waals surface area contributed by atoms with E-state index in [1.807, 2.05) is 18.2 Å². The molecule has 2 aromatic rings. The van der Waals surface area contributed by atoms with Crippen molar-refractivity contribution >= 4 is 39.1 Å². The molecule has 120 valence electrons. The molecule has 0 aliphatic carbocycles. The molecule has 1 aliphatic heterocycles. The number of aromatic nitrogens is 1. The van der Waals surface area contributed by atoms with Crippen LogP contribution in [0.4, 0.5) is 5.69 Å². The smallest absolute Gasteiger partial charge is 0.277 e. The van der Waals surface area contributed by atoms with E-state index in [0.717, 1.165) is 38.7 Å². The molecule has 1 aromatic carbocycles. The molecule has 0 bridgehead atoms. The molecule has 0 spiro atoms. The van der Waals surface area contributed by atoms with E-state index in [2.05, 4.69) is 17.2 Å². The van der Waals surface area contributed by atoms with Crippen LogP contribution in [-0.2, 0) is 16.0 Å². The molecule has 0 saturated carbocycles. The molecule has 3 rings (SSSR count). The largest absolute Gasteiger partial charge is 0.395 e. The lowest BCUT2D eigenvalue weighted by molar-refractivity contribution is -0.137. The van der Waals surface area contributed by atoms with E-state index >= 15 is 0 Å². The molecular formula is C16H17N3O3S. The number of aliphatic hydroxyl groups excluding tert-OH is 1. The molecule has 23 heavy (non-hydrogen) atoms. The molecule has 0 unspecified atom stereocenters. The van der Waals surface area contributed by atoms with E-state index in [9.17, 15) is 9.59 Å². The summed E-state index contributed by atoms with van der Waals surface area (Å²) in [6.45, 7) is 1.88. The molecule has 7 heteroatoms. The molecular weight excluding hydrogens is 314 g/mol. The van der Waals surface area contributed by atoms with E-state index < -0.39 is 11.8 Å². The Morgan fingerprint density at radius 1 is 1.35 bits per heavy atom. The Kier molecular flexibility index (Phi) is 4.40. The maximum absolute atomic E-state index is 12.1. The van der Waals surface area contributed by atoms with Crippen molar-refractivity contribution in [3.05, 3.63) is 35.0 Å². The number of rotatable bonds is 6. The summed E-state index contributed by atoms with van der Waals surface area (Å²) in [7, 11) is 0. The maximum atomic E-state index is 12.1. The SMILES string of the molecule is CCCc1nc2ccc(NC3=CC(=O)N(CCO)C3=O)cc2s1. The van der Waals surface area contributed by atoms with Gasteiger partial charge in [0.05, 0.1) is 28.4 Å². The van der Waals surface area contributed by atoms with Crippen LogP contribution in [0, 0.1) is 0 Å². The molecule has 6 nitrogen and oxygen atoms in total. The minimum Gasteiger partial charge on any atom is -0.395 e. The zero-order valence-corrected chi connectivity index (χ0v) is 13.5. The first-order valence-corrected chi connectivity index (χ1v) is 8.29. The van der Waals surface area contributed by atoms with Gasteiger partial charge in [-0.25, -0.2) is 4.98 Å². The minimum absolute atomic E-state index is 0.00754. The van der Waals surface area contributed by atoms with Gasteiger partial charge in [-0.05, 0) is 31.0 Å². The number of benzene rings is 1. The Morgan fingerprint density at radius 3 is 2.91 bits per heavy atom. The van der Waals surface area contributed by atoms with Crippen LogP contribution >= 0.6 is 11.3 Å². The summed E-state index contributed by atoms with van der Waals surface area (Å²) in [5.74, 6) is -0.823. The zero-order valence-electron chi connectivity index (χ0n) is 12.7. The lowest BCUT2D eigenvalue weighted by Crippen LogP contribution is -2.34. The van der Waals surface area contributed by atoms with Crippen molar-refractivity contribution in [2.45, 2.75) is 19.8 Å². The molecule has 0 radical (unpaired) electrons. The summed E-state index contributed by atoms with van der Waals surface area (Å²) < 4.78 is 1.04. The summed E-state index contributed by atoms with van der Waals surface area (Å²) in [5.41, 5.74) is 1.90. The average molecular weight is 331 g/mol. The highest BCUT2D eigenvalue weighted by atomic mass is 32.1. The second kappa shape index (κ2) is 6.47. The van der Waals surface area contributed by atoms with Gasteiger partial charge in [0.15, 0.2) is 0 Å². The highest BCUT2D eigenvalue weighted by Crippen LogP contribution is 2.27. The fourth-order valence-corrected chi connectivity index (χ4v) is 3.54. The number of hydrogen-bond acceptors (Lipinski definition) is 6. The minimum atomic E-state index is -0.417. The fourth-order valence-electron chi connectivity index (χ4n) is 2.44. The van der Waals surface area contributed by atoms with Crippen molar-refractivity contribution in [1.82, 2.24) is 9.88 Å². The van der Waals surface area contributed by atoms with Crippen LogP contribution in [0.2, 0.25) is 0 Å². The highest BCUT2D eigenvalue weighted by Gasteiger charge is 2.30. The lowest BCUT2D eigenvalue weighted by Gasteiger charge is -2.13. The quantitative estimate of drug-likeness (QED) is 0.790. The Hall–Kier alpha value is -2.25. The predicted octanol–water partition coefficient (Wildman–Crippen LogP) is 1.91. The van der Waals surface area contributed by atoms with Gasteiger partial charge in [-0.3, -0.25) is 14.5 Å². The Morgan fingerprint density at radius 2 is 2.17 bits per heavy atom. The molecule has 1 aromatic heterocycles. The van der Waals surface area contributed by atoms with Gasteiger partial charge < -0.3 is 10.4 Å². The van der Waals surface area contributed by atoms with Crippen molar-refractivity contribution in [2.24, 2.45) is 0 Å². The lowest BCUT2D eigenvalue weighted by atomic mass is 10.3. The summed E-state index contributed by atoms with van der Waals surface area (Å²) in [6, 6.07) is 5.67. The Balaban J connectivity index is 1.80. The number of anilines is 1. The average Bonchev–Trinajstić information content (AvgIpc) is 3.03. The summed E-state index contributed by atoms with van der Waals surface area (Å²) >= 11 is 1.64. The molecule has 1 aliphatic rings. The van der Waals surface area contributed by atoms with E-state index in [1.165, 1.54) is 6.08 Å². The third-order valence-electron chi connectivity index (χ3n) is 3.51. The van der Waals surface area contributed by atoms with Crippen LogP contribution in [0.5, 0.6) is 0 Å². The second-order valence-electron chi connectivity index (χ2n) is 5.24. The van der Waals surface area contributed by atoms with Gasteiger partial charge in [-0.1, -0.05) is 6.92 Å². The molecule has 0 fully saturated rings. The molecule has 0 saturated heterocycles. The summed E-state index contributed by atoms with van der Waals surface area (Å²) in [6.07, 6.45) is 3.27. The third-order valence-corrected chi connectivity index (χ3v) is 4.59. The van der Waals surface area contributed by atoms with E-state index in [4.69, 9.17) is 5.11 Å². The van der Waals surface area contributed by atoms with Crippen molar-refractivity contribution in [2.75, 3.05) is 18.5 Å². The standard InChI is InChI=1S/C16H17N3O3S/c1-2-3-14-18-11-5-4-10(8-13(11)23-14)17-12-9-15(21)19(6-7-20)16(12)22/h4-5,8-9,17,20H,2-3,6-7H2,1H3. The molecule has 2 amide bonds. The van der Waals surface area contributed by atoms with Crippen molar-refractivity contribution < 1.29 is 14.7 Å². The number of carbonyl (C=O) groups excluding carboxylic acids is 2. The molecule has 2 N–H and O–H groups in total. The highest BCUT2D eigenvalue weighted by molar-refractivity contribution is 7.18. The monoisotopic (exact) mass is 331 g/mol. The third kappa shape index (κ3) is 3.11. The normalized spacial score (nSPS) is 14.7. The number of β-amino-alcohol motifs (C(OH)–C–C–N with tert-alkyl or cyclic N) is 1. The Labute approximate surface area is 137 Å². The topological polar surface area (TPSA) is 82.5 Å². The van der Waals surface area contributed by atoms with Crippen LogP contribution in [0.25, 0.3) is 10.2 Å². The first-order chi connectivity index (χ1) is 11.1. The predicted molar refractivity (Wildman–Crippen MR) is 89.1 cm³/mol. The van der Waals surface area contributed by atoms with Crippen LogP contribution in [0.3, 0.4) is 0 Å². The Bertz CT molecular complexity index is 797. The van der Waals surface area contributed by atoms with E-state index in [0.29, 0.717) is 0 Å².